The van der Waals surface area contributed by atoms with E-state index in [9.17, 15) is 4.79 Å². The lowest BCUT2D eigenvalue weighted by molar-refractivity contribution is -0.128. The van der Waals surface area contributed by atoms with Crippen molar-refractivity contribution >= 4 is 12.4 Å². The summed E-state index contributed by atoms with van der Waals surface area (Å²) in [5.74, 6) is 0.326. The molecular weight excluding hydrogens is 272 g/mol. The number of amides is 1. The molecule has 0 spiro atoms. The molecule has 1 aromatic rings. The lowest BCUT2D eigenvalue weighted by atomic mass is 10.1. The van der Waals surface area contributed by atoms with Gasteiger partial charge in [0.2, 0.25) is 5.91 Å². The van der Waals surface area contributed by atoms with Crippen molar-refractivity contribution in [1.29, 1.82) is 0 Å². The molecule has 1 aromatic heterocycles. The number of nitrogens with one attached hydrogen (secondary N) is 1. The quantitative estimate of drug-likeness (QED) is 0.788. The molecule has 7 nitrogen and oxygen atoms in total. The summed E-state index contributed by atoms with van der Waals surface area (Å²) < 4.78 is 0. The van der Waals surface area contributed by atoms with Crippen LogP contribution in [-0.2, 0) is 22.6 Å². The van der Waals surface area contributed by atoms with Crippen LogP contribution in [0, 0.1) is 6.92 Å². The number of nitrogens with zero attached hydrogens (tertiary/aromatic N) is 3. The Morgan fingerprint density at radius 2 is 2.10 bits per heavy atom. The van der Waals surface area contributed by atoms with E-state index in [0.29, 0.717) is 5.91 Å². The SMILES string of the molecule is Cc1[nH]nc2c1CN(CCN1CCCC1=O)CC2.O=CO. The Bertz CT molecular complexity index is 500. The van der Waals surface area contributed by atoms with Crippen LogP contribution < -0.4 is 0 Å². The van der Waals surface area contributed by atoms with E-state index < -0.39 is 0 Å². The van der Waals surface area contributed by atoms with E-state index in [1.54, 1.807) is 0 Å². The minimum Gasteiger partial charge on any atom is -0.483 e. The van der Waals surface area contributed by atoms with Gasteiger partial charge in [-0.05, 0) is 13.3 Å². The number of rotatable bonds is 3. The summed E-state index contributed by atoms with van der Waals surface area (Å²) in [6.07, 6.45) is 2.79. The highest BCUT2D eigenvalue weighted by molar-refractivity contribution is 5.78. The first kappa shape index (κ1) is 15.5. The summed E-state index contributed by atoms with van der Waals surface area (Å²) in [6.45, 7) is 6.67. The molecule has 1 amide bonds. The summed E-state index contributed by atoms with van der Waals surface area (Å²) in [6, 6.07) is 0. The fourth-order valence-electron chi connectivity index (χ4n) is 2.88. The molecule has 0 radical (unpaired) electrons. The standard InChI is InChI=1S/C13H20N4O.CH2O2/c1-10-11-9-16(6-4-12(11)15-14-10)7-8-17-5-2-3-13(17)18;2-1-3/h2-9H2,1H3,(H,14,15);1H,(H,2,3). The first-order valence-electron chi connectivity index (χ1n) is 7.26. The number of fused-ring (bicyclic) bond motifs is 1. The van der Waals surface area contributed by atoms with Gasteiger partial charge in [-0.25, -0.2) is 0 Å². The minimum atomic E-state index is -0.250. The second-order valence-electron chi connectivity index (χ2n) is 5.39. The normalized spacial score (nSPS) is 18.1. The van der Waals surface area contributed by atoms with Gasteiger partial charge in [0.1, 0.15) is 0 Å². The third-order valence-corrected chi connectivity index (χ3v) is 4.06. The molecule has 116 valence electrons. The Morgan fingerprint density at radius 3 is 2.76 bits per heavy atom. The number of hydrogen-bond donors (Lipinski definition) is 2. The number of H-pyrrole nitrogens is 1. The second-order valence-corrected chi connectivity index (χ2v) is 5.39. The maximum Gasteiger partial charge on any atom is 0.290 e. The average molecular weight is 294 g/mol. The van der Waals surface area contributed by atoms with Crippen molar-refractivity contribution in [1.82, 2.24) is 20.0 Å². The van der Waals surface area contributed by atoms with Crippen LogP contribution in [0.2, 0.25) is 0 Å². The summed E-state index contributed by atoms with van der Waals surface area (Å²) >= 11 is 0. The molecule has 1 fully saturated rings. The van der Waals surface area contributed by atoms with E-state index in [0.717, 1.165) is 52.0 Å². The van der Waals surface area contributed by atoms with Crippen LogP contribution in [0.25, 0.3) is 0 Å². The third-order valence-electron chi connectivity index (χ3n) is 4.06. The van der Waals surface area contributed by atoms with Crippen molar-refractivity contribution in [3.63, 3.8) is 0 Å². The number of likely N-dealkylation sites (tertiary alicyclic amines) is 1. The highest BCUT2D eigenvalue weighted by Gasteiger charge is 2.23. The van der Waals surface area contributed by atoms with Crippen LogP contribution in [0.15, 0.2) is 0 Å². The van der Waals surface area contributed by atoms with Crippen LogP contribution in [-0.4, -0.2) is 63.7 Å². The number of aromatic nitrogens is 2. The van der Waals surface area contributed by atoms with Crippen LogP contribution in [0.4, 0.5) is 0 Å². The molecule has 0 unspecified atom stereocenters. The molecule has 3 heterocycles. The summed E-state index contributed by atoms with van der Waals surface area (Å²) in [5, 5.41) is 14.3. The molecule has 2 aliphatic heterocycles. The van der Waals surface area contributed by atoms with Crippen molar-refractivity contribution < 1.29 is 14.7 Å². The van der Waals surface area contributed by atoms with Crippen molar-refractivity contribution in [2.75, 3.05) is 26.2 Å². The number of aromatic amines is 1. The number of carboxylic acid groups (broad SMARTS) is 1. The van der Waals surface area contributed by atoms with Gasteiger partial charge in [0, 0.05) is 56.8 Å². The molecule has 0 aromatic carbocycles. The molecule has 3 rings (SSSR count). The van der Waals surface area contributed by atoms with Crippen molar-refractivity contribution in [2.24, 2.45) is 0 Å². The van der Waals surface area contributed by atoms with Gasteiger partial charge in [0.05, 0.1) is 5.69 Å². The number of hydrogen-bond acceptors (Lipinski definition) is 4. The smallest absolute Gasteiger partial charge is 0.290 e. The number of aryl methyl sites for hydroxylation is 1. The van der Waals surface area contributed by atoms with Gasteiger partial charge in [-0.3, -0.25) is 19.6 Å². The van der Waals surface area contributed by atoms with E-state index in [2.05, 4.69) is 22.0 Å². The Balaban J connectivity index is 0.000000497. The lowest BCUT2D eigenvalue weighted by Gasteiger charge is -2.28. The molecule has 2 aliphatic rings. The van der Waals surface area contributed by atoms with E-state index in [-0.39, 0.29) is 6.47 Å². The first-order chi connectivity index (χ1) is 10.2. The van der Waals surface area contributed by atoms with Crippen LogP contribution in [0.3, 0.4) is 0 Å². The van der Waals surface area contributed by atoms with Crippen LogP contribution >= 0.6 is 0 Å². The molecule has 0 atom stereocenters. The van der Waals surface area contributed by atoms with Crippen LogP contribution in [0.1, 0.15) is 29.8 Å². The zero-order valence-corrected chi connectivity index (χ0v) is 12.3. The maximum atomic E-state index is 11.6. The van der Waals surface area contributed by atoms with Crippen molar-refractivity contribution in [2.45, 2.75) is 32.7 Å². The van der Waals surface area contributed by atoms with Gasteiger partial charge in [-0.1, -0.05) is 0 Å². The molecule has 0 saturated carbocycles. The Kier molecular flexibility index (Phi) is 5.32. The zero-order valence-electron chi connectivity index (χ0n) is 12.3. The van der Waals surface area contributed by atoms with E-state index in [4.69, 9.17) is 9.90 Å². The topological polar surface area (TPSA) is 89.5 Å². The highest BCUT2D eigenvalue weighted by atomic mass is 16.3. The third kappa shape index (κ3) is 3.81. The Labute approximate surface area is 123 Å². The molecular formula is C14H22N4O3. The predicted octanol–water partition coefficient (Wildman–Crippen LogP) is 0.399. The summed E-state index contributed by atoms with van der Waals surface area (Å²) in [4.78, 5) is 24.3. The lowest BCUT2D eigenvalue weighted by Crippen LogP contribution is -2.38. The van der Waals surface area contributed by atoms with Gasteiger partial charge in [0.25, 0.3) is 6.47 Å². The van der Waals surface area contributed by atoms with Gasteiger partial charge in [0.15, 0.2) is 0 Å². The van der Waals surface area contributed by atoms with Crippen molar-refractivity contribution in [3.8, 4) is 0 Å². The molecule has 0 aliphatic carbocycles. The predicted molar refractivity (Wildman–Crippen MR) is 76.8 cm³/mol. The molecule has 7 heteroatoms. The fraction of sp³-hybridized carbons (Fsp3) is 0.643. The number of carbonyl (C=O) groups is 2. The fourth-order valence-corrected chi connectivity index (χ4v) is 2.88. The molecule has 21 heavy (non-hydrogen) atoms. The van der Waals surface area contributed by atoms with Crippen LogP contribution in [0.5, 0.6) is 0 Å². The summed E-state index contributed by atoms with van der Waals surface area (Å²) in [7, 11) is 0. The van der Waals surface area contributed by atoms with Gasteiger partial charge >= 0.3 is 0 Å². The molecule has 1 saturated heterocycles. The maximum absolute atomic E-state index is 11.6. The highest BCUT2D eigenvalue weighted by Crippen LogP contribution is 2.19. The van der Waals surface area contributed by atoms with E-state index >= 15 is 0 Å². The molecule has 0 bridgehead atoms. The first-order valence-corrected chi connectivity index (χ1v) is 7.26. The molecule has 2 N–H and O–H groups in total. The number of carbonyl (C=O) groups excluding carboxylic acids is 1. The second kappa shape index (κ2) is 7.21. The van der Waals surface area contributed by atoms with E-state index in [1.165, 1.54) is 17.0 Å². The minimum absolute atomic E-state index is 0.250. The Morgan fingerprint density at radius 1 is 1.33 bits per heavy atom. The largest absolute Gasteiger partial charge is 0.483 e. The van der Waals surface area contributed by atoms with E-state index in [1.807, 2.05) is 4.90 Å². The van der Waals surface area contributed by atoms with Gasteiger partial charge in [-0.15, -0.1) is 0 Å². The van der Waals surface area contributed by atoms with Gasteiger partial charge < -0.3 is 10.0 Å². The summed E-state index contributed by atoms with van der Waals surface area (Å²) in [5.41, 5.74) is 3.77. The monoisotopic (exact) mass is 294 g/mol. The van der Waals surface area contributed by atoms with Gasteiger partial charge in [-0.2, -0.15) is 5.10 Å². The average Bonchev–Trinajstić information content (AvgIpc) is 3.04. The van der Waals surface area contributed by atoms with Crippen molar-refractivity contribution in [3.05, 3.63) is 17.0 Å². The zero-order chi connectivity index (χ0) is 15.2. The Hall–Kier alpha value is -1.89.